The Morgan fingerprint density at radius 1 is 0.484 bits per heavy atom. The standard InChI is InChI=1S/C49H56O15/c1-32(50)55-31-40-43(59-33(2)51)44(60-34(3)52)46(61-35(4)53)48(62-40)64-49(5)47(58-29-39-24-16-9-17-25-39)45(57-28-38-22-14-8-15-23-38)42(56-27-37-20-12-7-13-21-37)41(63-49)30-54-26-36-18-10-6-11-19-36/h6-25,40-48H,26-31H2,1-5H3/t40-,41-,42-,43-,44+,45+,46-,47-,48-,49-/m1/s1. The molecule has 15 nitrogen and oxygen atoms in total. The third-order valence-electron chi connectivity index (χ3n) is 10.4. The van der Waals surface area contributed by atoms with Gasteiger partial charge in [0.1, 0.15) is 37.1 Å². The Balaban J connectivity index is 1.45. The quantitative estimate of drug-likeness (QED) is 0.0729. The summed E-state index contributed by atoms with van der Waals surface area (Å²) < 4.78 is 69.7. The molecule has 4 aromatic rings. The van der Waals surface area contributed by atoms with Crippen molar-refractivity contribution < 1.29 is 71.3 Å². The fraction of sp³-hybridized carbons (Fsp3) is 0.429. The van der Waals surface area contributed by atoms with Crippen LogP contribution in [0.1, 0.15) is 56.9 Å². The van der Waals surface area contributed by atoms with Crippen LogP contribution in [-0.4, -0.2) is 98.0 Å². The Morgan fingerprint density at radius 2 is 0.922 bits per heavy atom. The number of carbonyl (C=O) groups is 4. The van der Waals surface area contributed by atoms with Crippen molar-refractivity contribution in [2.75, 3.05) is 13.2 Å². The molecule has 64 heavy (non-hydrogen) atoms. The van der Waals surface area contributed by atoms with Crippen LogP contribution < -0.4 is 0 Å². The first kappa shape index (κ1) is 47.9. The largest absolute Gasteiger partial charge is 0.463 e. The first-order valence-electron chi connectivity index (χ1n) is 21.1. The van der Waals surface area contributed by atoms with E-state index in [9.17, 15) is 19.2 Å². The van der Waals surface area contributed by atoms with E-state index in [1.165, 1.54) is 6.92 Å². The van der Waals surface area contributed by atoms with Gasteiger partial charge in [0.2, 0.25) is 6.29 Å². The molecule has 0 N–H and O–H groups in total. The lowest BCUT2D eigenvalue weighted by Crippen LogP contribution is -2.70. The van der Waals surface area contributed by atoms with E-state index in [0.717, 1.165) is 43.0 Å². The summed E-state index contributed by atoms with van der Waals surface area (Å²) in [7, 11) is 0. The van der Waals surface area contributed by atoms with Gasteiger partial charge in [-0.15, -0.1) is 0 Å². The predicted molar refractivity (Wildman–Crippen MR) is 227 cm³/mol. The zero-order valence-corrected chi connectivity index (χ0v) is 36.6. The summed E-state index contributed by atoms with van der Waals surface area (Å²) >= 11 is 0. The maximum absolute atomic E-state index is 12.8. The molecule has 2 aliphatic rings. The number of carbonyl (C=O) groups excluding carboxylic acids is 4. The van der Waals surface area contributed by atoms with Crippen LogP contribution in [0, 0.1) is 0 Å². The van der Waals surface area contributed by atoms with Crippen LogP contribution in [0.2, 0.25) is 0 Å². The average Bonchev–Trinajstić information content (AvgIpc) is 3.27. The molecule has 0 bridgehead atoms. The predicted octanol–water partition coefficient (Wildman–Crippen LogP) is 6.17. The number of hydrogen-bond acceptors (Lipinski definition) is 15. The van der Waals surface area contributed by atoms with Crippen molar-refractivity contribution in [1.29, 1.82) is 0 Å². The third kappa shape index (κ3) is 13.7. The summed E-state index contributed by atoms with van der Waals surface area (Å²) in [4.78, 5) is 50.1. The van der Waals surface area contributed by atoms with Gasteiger partial charge >= 0.3 is 23.9 Å². The SMILES string of the molecule is CC(=O)OC[C@H]1O[C@H](O[C@@]2(C)O[C@H](COCc3ccccc3)[C@@H](OCc3ccccc3)[C@H](OCc3ccccc3)[C@H]2OCc2ccccc2)[C@H](OC(C)=O)[C@@H](OC(C)=O)[C@@H]1OC(C)=O. The Labute approximate surface area is 373 Å². The van der Waals surface area contributed by atoms with Gasteiger partial charge < -0.3 is 52.1 Å². The Kier molecular flexibility index (Phi) is 17.5. The molecule has 2 saturated heterocycles. The van der Waals surface area contributed by atoms with E-state index in [1.807, 2.05) is 121 Å². The van der Waals surface area contributed by atoms with Gasteiger partial charge in [-0.05, 0) is 29.2 Å². The van der Waals surface area contributed by atoms with Gasteiger partial charge in [-0.2, -0.15) is 0 Å². The van der Waals surface area contributed by atoms with Crippen molar-refractivity contribution in [1.82, 2.24) is 0 Å². The summed E-state index contributed by atoms with van der Waals surface area (Å²) in [5.74, 6) is -4.89. The van der Waals surface area contributed by atoms with Crippen LogP contribution in [0.15, 0.2) is 121 Å². The minimum absolute atomic E-state index is 0.0114. The van der Waals surface area contributed by atoms with Gasteiger partial charge in [0.15, 0.2) is 24.1 Å². The second-order valence-corrected chi connectivity index (χ2v) is 15.6. The Bertz CT molecular complexity index is 2070. The van der Waals surface area contributed by atoms with Crippen molar-refractivity contribution in [2.24, 2.45) is 0 Å². The lowest BCUT2D eigenvalue weighted by molar-refractivity contribution is -0.426. The number of rotatable bonds is 20. The summed E-state index contributed by atoms with van der Waals surface area (Å²) in [6.07, 6.45) is -11.2. The Morgan fingerprint density at radius 3 is 1.41 bits per heavy atom. The highest BCUT2D eigenvalue weighted by molar-refractivity contribution is 5.68. The highest BCUT2D eigenvalue weighted by Gasteiger charge is 2.60. The molecule has 10 atom stereocenters. The minimum Gasteiger partial charge on any atom is -0.463 e. The maximum Gasteiger partial charge on any atom is 0.303 e. The van der Waals surface area contributed by atoms with Gasteiger partial charge in [0.25, 0.3) is 0 Å². The van der Waals surface area contributed by atoms with E-state index in [4.69, 9.17) is 52.1 Å². The Hall–Kier alpha value is -5.52. The summed E-state index contributed by atoms with van der Waals surface area (Å²) in [5.41, 5.74) is 3.53. The fourth-order valence-corrected chi connectivity index (χ4v) is 7.65. The molecule has 2 aliphatic heterocycles. The molecule has 0 spiro atoms. The van der Waals surface area contributed by atoms with E-state index in [0.29, 0.717) is 0 Å². The summed E-state index contributed by atoms with van der Waals surface area (Å²) in [6, 6.07) is 38.4. The van der Waals surface area contributed by atoms with Crippen LogP contribution in [0.3, 0.4) is 0 Å². The van der Waals surface area contributed by atoms with E-state index >= 15 is 0 Å². The van der Waals surface area contributed by atoms with E-state index in [2.05, 4.69) is 0 Å². The van der Waals surface area contributed by atoms with Crippen molar-refractivity contribution >= 4 is 23.9 Å². The molecule has 0 aliphatic carbocycles. The molecule has 0 aromatic heterocycles. The van der Waals surface area contributed by atoms with Crippen LogP contribution >= 0.6 is 0 Å². The van der Waals surface area contributed by atoms with Crippen LogP contribution in [0.25, 0.3) is 0 Å². The summed E-state index contributed by atoms with van der Waals surface area (Å²) in [5, 5.41) is 0. The topological polar surface area (TPSA) is 170 Å². The molecular weight excluding hydrogens is 829 g/mol. The fourth-order valence-electron chi connectivity index (χ4n) is 7.65. The number of benzene rings is 4. The van der Waals surface area contributed by atoms with Crippen LogP contribution in [0.4, 0.5) is 0 Å². The second kappa shape index (κ2) is 23.4. The molecule has 2 heterocycles. The lowest BCUT2D eigenvalue weighted by atomic mass is 9.91. The van der Waals surface area contributed by atoms with Gasteiger partial charge in [-0.3, -0.25) is 19.2 Å². The molecule has 6 rings (SSSR count). The smallest absolute Gasteiger partial charge is 0.303 e. The lowest BCUT2D eigenvalue weighted by Gasteiger charge is -2.53. The van der Waals surface area contributed by atoms with Crippen molar-refractivity contribution in [2.45, 2.75) is 122 Å². The van der Waals surface area contributed by atoms with Crippen LogP contribution in [0.5, 0.6) is 0 Å². The molecule has 2 fully saturated rings. The first-order chi connectivity index (χ1) is 30.9. The molecule has 0 unspecified atom stereocenters. The zero-order chi connectivity index (χ0) is 45.5. The van der Waals surface area contributed by atoms with Gasteiger partial charge in [0, 0.05) is 27.7 Å². The first-order valence-corrected chi connectivity index (χ1v) is 21.1. The maximum atomic E-state index is 12.8. The minimum atomic E-state index is -1.87. The van der Waals surface area contributed by atoms with Gasteiger partial charge in [-0.1, -0.05) is 121 Å². The number of hydrogen-bond donors (Lipinski definition) is 0. The molecule has 4 aromatic carbocycles. The monoisotopic (exact) mass is 884 g/mol. The third-order valence-corrected chi connectivity index (χ3v) is 10.4. The van der Waals surface area contributed by atoms with Crippen molar-refractivity contribution in [3.63, 3.8) is 0 Å². The number of esters is 4. The molecule has 15 heteroatoms. The van der Waals surface area contributed by atoms with Gasteiger partial charge in [0.05, 0.1) is 33.0 Å². The summed E-state index contributed by atoms with van der Waals surface area (Å²) in [6.45, 7) is 6.42. The number of ether oxygens (including phenoxy) is 11. The molecule has 342 valence electrons. The molecule has 0 amide bonds. The highest BCUT2D eigenvalue weighted by Crippen LogP contribution is 2.41. The normalized spacial score (nSPS) is 26.6. The van der Waals surface area contributed by atoms with E-state index in [1.54, 1.807) is 6.92 Å². The van der Waals surface area contributed by atoms with E-state index < -0.39 is 91.4 Å². The van der Waals surface area contributed by atoms with Crippen LogP contribution in [-0.2, 0) is 97.7 Å². The second-order valence-electron chi connectivity index (χ2n) is 15.6. The molecular formula is C49H56O15. The van der Waals surface area contributed by atoms with Crippen molar-refractivity contribution in [3.8, 4) is 0 Å². The highest BCUT2D eigenvalue weighted by atomic mass is 16.8. The molecule has 0 radical (unpaired) electrons. The van der Waals surface area contributed by atoms with Gasteiger partial charge in [-0.25, -0.2) is 0 Å². The van der Waals surface area contributed by atoms with E-state index in [-0.39, 0.29) is 33.0 Å². The average molecular weight is 885 g/mol. The zero-order valence-electron chi connectivity index (χ0n) is 36.6. The van der Waals surface area contributed by atoms with Crippen molar-refractivity contribution in [3.05, 3.63) is 144 Å². The molecule has 0 saturated carbocycles.